The summed E-state index contributed by atoms with van der Waals surface area (Å²) in [7, 11) is 0. The van der Waals surface area contributed by atoms with E-state index in [-0.39, 0.29) is 0 Å². The van der Waals surface area contributed by atoms with E-state index in [4.69, 9.17) is 11.6 Å². The van der Waals surface area contributed by atoms with Gasteiger partial charge >= 0.3 is 0 Å². The molecule has 0 radical (unpaired) electrons. The number of nitrogens with zero attached hydrogens (tertiary/aromatic N) is 2. The minimum absolute atomic E-state index is 0.667. The molecular weight excluding hydrogens is 136 g/mol. The molecule has 1 aliphatic rings. The van der Waals surface area contributed by atoms with Gasteiger partial charge in [-0.3, -0.25) is 0 Å². The molecule has 1 heterocycles. The highest BCUT2D eigenvalue weighted by Gasteiger charge is 1.96. The monoisotopic (exact) mass is 144 g/mol. The molecule has 0 aromatic rings. The molecule has 0 amide bonds. The molecule has 3 heteroatoms. The third-order valence-electron chi connectivity index (χ3n) is 1.13. The molecule has 0 atom stereocenters. The van der Waals surface area contributed by atoms with Crippen molar-refractivity contribution >= 4 is 17.9 Å². The van der Waals surface area contributed by atoms with Crippen LogP contribution in [-0.2, 0) is 0 Å². The molecule has 0 saturated heterocycles. The minimum Gasteiger partial charge on any atom is -0.358 e. The Labute approximate surface area is 59.8 Å². The number of rotatable bonds is 2. The van der Waals surface area contributed by atoms with Gasteiger partial charge in [0.2, 0.25) is 0 Å². The maximum atomic E-state index is 5.51. The summed E-state index contributed by atoms with van der Waals surface area (Å²) in [5, 5.41) is 0. The molecule has 0 aromatic carbocycles. The van der Waals surface area contributed by atoms with Gasteiger partial charge in [0.15, 0.2) is 0 Å². The lowest BCUT2D eigenvalue weighted by molar-refractivity contribution is 0.500. The van der Waals surface area contributed by atoms with E-state index in [0.29, 0.717) is 5.88 Å². The van der Waals surface area contributed by atoms with Crippen LogP contribution in [0.15, 0.2) is 17.3 Å². The van der Waals surface area contributed by atoms with E-state index < -0.39 is 0 Å². The number of hydrogen-bond donors (Lipinski definition) is 0. The Hall–Kier alpha value is -0.500. The maximum absolute atomic E-state index is 5.51. The smallest absolute Gasteiger partial charge is 0.0908 e. The lowest BCUT2D eigenvalue weighted by Gasteiger charge is -2.16. The highest BCUT2D eigenvalue weighted by molar-refractivity contribution is 6.18. The van der Waals surface area contributed by atoms with E-state index in [0.717, 1.165) is 13.1 Å². The predicted octanol–water partition coefficient (Wildman–Crippen LogP) is 1.08. The number of halogens is 1. The third kappa shape index (κ3) is 2.06. The Kier molecular flexibility index (Phi) is 2.58. The molecule has 0 unspecified atom stereocenters. The summed E-state index contributed by atoms with van der Waals surface area (Å²) >= 11 is 5.51. The molecule has 0 N–H and O–H groups in total. The van der Waals surface area contributed by atoms with Gasteiger partial charge in [-0.25, -0.2) is 4.99 Å². The number of hydrogen-bond acceptors (Lipinski definition) is 2. The number of aliphatic imine (C=N–C) groups is 1. The van der Waals surface area contributed by atoms with Crippen LogP contribution in [0.5, 0.6) is 0 Å². The van der Waals surface area contributed by atoms with E-state index in [1.165, 1.54) is 0 Å². The van der Waals surface area contributed by atoms with Crippen molar-refractivity contribution in [2.75, 3.05) is 19.0 Å². The van der Waals surface area contributed by atoms with E-state index in [1.54, 1.807) is 6.20 Å². The van der Waals surface area contributed by atoms with Crippen LogP contribution in [0.25, 0.3) is 0 Å². The van der Waals surface area contributed by atoms with Crippen LogP contribution in [0.4, 0.5) is 0 Å². The van der Waals surface area contributed by atoms with Crippen LogP contribution in [0.1, 0.15) is 0 Å². The highest BCUT2D eigenvalue weighted by Crippen LogP contribution is 1.92. The van der Waals surface area contributed by atoms with Crippen molar-refractivity contribution < 1.29 is 0 Å². The Bertz CT molecular complexity index is 131. The molecule has 0 spiro atoms. The van der Waals surface area contributed by atoms with Crippen molar-refractivity contribution in [3.05, 3.63) is 12.3 Å². The van der Waals surface area contributed by atoms with Gasteiger partial charge in [-0.2, -0.15) is 0 Å². The van der Waals surface area contributed by atoms with Crippen molar-refractivity contribution in [3.8, 4) is 0 Å². The second-order valence-corrected chi connectivity index (χ2v) is 2.21. The molecule has 1 aliphatic heterocycles. The van der Waals surface area contributed by atoms with Crippen molar-refractivity contribution in [2.45, 2.75) is 0 Å². The molecule has 50 valence electrons. The Morgan fingerprint density at radius 2 is 2.56 bits per heavy atom. The van der Waals surface area contributed by atoms with Crippen molar-refractivity contribution in [2.24, 2.45) is 4.99 Å². The second-order valence-electron chi connectivity index (χ2n) is 1.83. The molecule has 0 bridgehead atoms. The first-order valence-electron chi connectivity index (χ1n) is 2.92. The zero-order valence-electron chi connectivity index (χ0n) is 5.13. The number of alkyl halides is 1. The Balaban J connectivity index is 2.28. The fourth-order valence-electron chi connectivity index (χ4n) is 0.681. The summed E-state index contributed by atoms with van der Waals surface area (Å²) in [6.07, 6.45) is 5.61. The third-order valence-corrected chi connectivity index (χ3v) is 1.30. The predicted molar refractivity (Wildman–Crippen MR) is 39.9 cm³/mol. The summed E-state index contributed by atoms with van der Waals surface area (Å²) in [4.78, 5) is 6.00. The van der Waals surface area contributed by atoms with E-state index >= 15 is 0 Å². The fourth-order valence-corrected chi connectivity index (χ4v) is 0.898. The van der Waals surface area contributed by atoms with Gasteiger partial charge in [-0.15, -0.1) is 11.6 Å². The van der Waals surface area contributed by atoms with Crippen LogP contribution >= 0.6 is 11.6 Å². The van der Waals surface area contributed by atoms with Gasteiger partial charge in [-0.1, -0.05) is 0 Å². The lowest BCUT2D eigenvalue weighted by Crippen LogP contribution is -2.25. The lowest BCUT2D eigenvalue weighted by atomic mass is 10.5. The Morgan fingerprint density at radius 3 is 3.11 bits per heavy atom. The fraction of sp³-hybridized carbons (Fsp3) is 0.500. The first kappa shape index (κ1) is 6.62. The normalized spacial score (nSPS) is 16.8. The quantitative estimate of drug-likeness (QED) is 0.530. The molecule has 0 aliphatic carbocycles. The Morgan fingerprint density at radius 1 is 1.67 bits per heavy atom. The van der Waals surface area contributed by atoms with Crippen LogP contribution in [-0.4, -0.2) is 30.2 Å². The van der Waals surface area contributed by atoms with Crippen LogP contribution in [0, 0.1) is 0 Å². The summed E-state index contributed by atoms with van der Waals surface area (Å²) < 4.78 is 0. The van der Waals surface area contributed by atoms with Crippen LogP contribution in [0.3, 0.4) is 0 Å². The summed E-state index contributed by atoms with van der Waals surface area (Å²) in [6.45, 7) is 1.83. The van der Waals surface area contributed by atoms with Gasteiger partial charge in [0.05, 0.1) is 6.34 Å². The average Bonchev–Trinajstić information content (AvgIpc) is 1.91. The zero-order chi connectivity index (χ0) is 6.53. The van der Waals surface area contributed by atoms with Gasteiger partial charge in [0.1, 0.15) is 0 Å². The summed E-state index contributed by atoms with van der Waals surface area (Å²) in [5.41, 5.74) is 0. The largest absolute Gasteiger partial charge is 0.358 e. The van der Waals surface area contributed by atoms with E-state index in [9.17, 15) is 0 Å². The molecule has 0 aromatic heterocycles. The maximum Gasteiger partial charge on any atom is 0.0908 e. The van der Waals surface area contributed by atoms with Crippen molar-refractivity contribution in [1.29, 1.82) is 0 Å². The summed E-state index contributed by atoms with van der Waals surface area (Å²) in [5.74, 6) is 0.667. The van der Waals surface area contributed by atoms with Crippen molar-refractivity contribution in [1.82, 2.24) is 4.90 Å². The minimum atomic E-state index is 0.667. The molecule has 9 heavy (non-hydrogen) atoms. The van der Waals surface area contributed by atoms with Gasteiger partial charge in [0.25, 0.3) is 0 Å². The standard InChI is InChI=1S/C6H9ClN2/c7-2-5-9-4-1-3-8-6-9/h1,3,6H,2,4-5H2. The van der Waals surface area contributed by atoms with Gasteiger partial charge < -0.3 is 4.90 Å². The summed E-state index contributed by atoms with van der Waals surface area (Å²) in [6, 6.07) is 0. The van der Waals surface area contributed by atoms with E-state index in [2.05, 4.69) is 9.89 Å². The van der Waals surface area contributed by atoms with Crippen molar-refractivity contribution in [3.63, 3.8) is 0 Å². The van der Waals surface area contributed by atoms with Gasteiger partial charge in [0, 0.05) is 25.2 Å². The van der Waals surface area contributed by atoms with Gasteiger partial charge in [-0.05, 0) is 6.08 Å². The molecular formula is C6H9ClN2. The second kappa shape index (κ2) is 3.51. The van der Waals surface area contributed by atoms with E-state index in [1.807, 2.05) is 12.4 Å². The van der Waals surface area contributed by atoms with Crippen LogP contribution in [0.2, 0.25) is 0 Å². The first-order valence-corrected chi connectivity index (χ1v) is 3.45. The average molecular weight is 145 g/mol. The first-order chi connectivity index (χ1) is 4.43. The zero-order valence-corrected chi connectivity index (χ0v) is 5.88. The molecule has 0 saturated carbocycles. The molecule has 1 rings (SSSR count). The topological polar surface area (TPSA) is 15.6 Å². The van der Waals surface area contributed by atoms with Crippen LogP contribution < -0.4 is 0 Å². The highest BCUT2D eigenvalue weighted by atomic mass is 35.5. The molecule has 0 fully saturated rings. The SMILES string of the molecule is ClCCN1C=NC=CC1. The molecule has 2 nitrogen and oxygen atoms in total.